The SMILES string of the molecule is CC(C)(CCn1ccnc1)C1=C2CCCCC2C2=C3C(CCC2)CC(C2CCC4(O)C5=CC(=O)C6CC(O)C(O)CC6(C)C5CCC24C)C(O)C31. The van der Waals surface area contributed by atoms with Crippen molar-refractivity contribution in [1.82, 2.24) is 9.55 Å². The number of carbonyl (C=O) groups is 1. The van der Waals surface area contributed by atoms with Crippen LogP contribution in [-0.2, 0) is 11.3 Å². The maximum atomic E-state index is 13.8. The first kappa shape index (κ1) is 34.7. The third-order valence-corrected chi connectivity index (χ3v) is 17.2. The molecule has 0 aromatic carbocycles. The molecule has 0 aliphatic heterocycles. The number of hydrogen-bond donors (Lipinski definition) is 4. The van der Waals surface area contributed by atoms with Gasteiger partial charge in [-0.05, 0) is 136 Å². The molecule has 9 rings (SSSR count). The van der Waals surface area contributed by atoms with Crippen molar-refractivity contribution in [3.8, 4) is 0 Å². The van der Waals surface area contributed by atoms with E-state index >= 15 is 0 Å². The van der Waals surface area contributed by atoms with Gasteiger partial charge in [-0.25, -0.2) is 4.98 Å². The zero-order chi connectivity index (χ0) is 35.7. The van der Waals surface area contributed by atoms with Crippen LogP contribution >= 0.6 is 0 Å². The molecule has 1 aromatic heterocycles. The number of aromatic nitrogens is 2. The zero-order valence-electron chi connectivity index (χ0n) is 31.5. The predicted octanol–water partition coefficient (Wildman–Crippen LogP) is 7.10. The van der Waals surface area contributed by atoms with Crippen LogP contribution < -0.4 is 0 Å². The fourth-order valence-electron chi connectivity index (χ4n) is 14.6. The van der Waals surface area contributed by atoms with E-state index in [1.165, 1.54) is 38.5 Å². The van der Waals surface area contributed by atoms with Crippen molar-refractivity contribution < 1.29 is 25.2 Å². The molecule has 0 saturated heterocycles. The molecule has 1 aromatic rings. The second-order valence-corrected chi connectivity index (χ2v) is 19.8. The fourth-order valence-corrected chi connectivity index (χ4v) is 14.6. The van der Waals surface area contributed by atoms with Gasteiger partial charge in [-0.2, -0.15) is 0 Å². The lowest BCUT2D eigenvalue weighted by molar-refractivity contribution is -0.156. The first-order valence-corrected chi connectivity index (χ1v) is 20.7. The molecule has 0 radical (unpaired) electrons. The summed E-state index contributed by atoms with van der Waals surface area (Å²) in [4.78, 5) is 18.1. The minimum atomic E-state index is -1.11. The van der Waals surface area contributed by atoms with E-state index < -0.39 is 34.7 Å². The van der Waals surface area contributed by atoms with E-state index in [0.717, 1.165) is 50.6 Å². The van der Waals surface area contributed by atoms with Crippen molar-refractivity contribution in [2.75, 3.05) is 0 Å². The van der Waals surface area contributed by atoms with Gasteiger partial charge in [-0.3, -0.25) is 4.79 Å². The number of aliphatic hydroxyl groups excluding tert-OH is 3. The Morgan fingerprint density at radius 1 is 0.941 bits per heavy atom. The molecule has 5 saturated carbocycles. The lowest BCUT2D eigenvalue weighted by Crippen LogP contribution is -2.61. The second kappa shape index (κ2) is 12.0. The Balaban J connectivity index is 1.09. The van der Waals surface area contributed by atoms with Gasteiger partial charge in [0.15, 0.2) is 5.78 Å². The van der Waals surface area contributed by atoms with Crippen LogP contribution in [0.4, 0.5) is 0 Å². The summed E-state index contributed by atoms with van der Waals surface area (Å²) in [7, 11) is 0. The maximum Gasteiger partial charge on any atom is 0.159 e. The van der Waals surface area contributed by atoms with Gasteiger partial charge < -0.3 is 25.0 Å². The van der Waals surface area contributed by atoms with Crippen molar-refractivity contribution in [2.45, 2.75) is 154 Å². The Bertz CT molecular complexity index is 1670. The molecule has 1 heterocycles. The molecule has 7 heteroatoms. The van der Waals surface area contributed by atoms with Gasteiger partial charge in [-0.1, -0.05) is 56.4 Å². The van der Waals surface area contributed by atoms with Crippen LogP contribution in [0.2, 0.25) is 0 Å². The van der Waals surface area contributed by atoms with E-state index in [4.69, 9.17) is 0 Å². The van der Waals surface area contributed by atoms with Crippen molar-refractivity contribution in [3.05, 3.63) is 52.7 Å². The molecular formula is C44H62N2O5. The molecule has 4 N–H and O–H groups in total. The summed E-state index contributed by atoms with van der Waals surface area (Å²) >= 11 is 0. The second-order valence-electron chi connectivity index (χ2n) is 19.8. The Morgan fingerprint density at radius 3 is 2.53 bits per heavy atom. The minimum absolute atomic E-state index is 0.0106. The van der Waals surface area contributed by atoms with E-state index in [1.54, 1.807) is 28.4 Å². The molecule has 8 aliphatic carbocycles. The van der Waals surface area contributed by atoms with Crippen molar-refractivity contribution in [2.24, 2.45) is 57.7 Å². The zero-order valence-corrected chi connectivity index (χ0v) is 31.5. The summed E-state index contributed by atoms with van der Waals surface area (Å²) in [6.07, 6.45) is 19.9. The van der Waals surface area contributed by atoms with Gasteiger partial charge in [0.25, 0.3) is 0 Å². The lowest BCUT2D eigenvalue weighted by Gasteiger charge is -2.61. The summed E-state index contributed by atoms with van der Waals surface area (Å²) in [5.74, 6) is 1.07. The van der Waals surface area contributed by atoms with Crippen molar-refractivity contribution >= 4 is 5.78 Å². The first-order valence-electron chi connectivity index (χ1n) is 20.7. The molecule has 0 bridgehead atoms. The summed E-state index contributed by atoms with van der Waals surface area (Å²) in [6, 6.07) is 0. The highest BCUT2D eigenvalue weighted by Gasteiger charge is 2.68. The standard InChI is InChI=1S/C44H62N2O5/c1-41(2,16-18-46-19-17-45-24-46)39-28-10-6-5-9-26(28)27-11-7-8-25-20-29(40(50)38(39)37(25)27)30-13-15-44(51)32-21-34(47)33-22-35(48)36(49)23-42(33,3)31(32)12-14-43(30,44)4/h17,19,21,24-26,29-31,33,35-36,38,40,48-51H,5-16,18,20,22-23H2,1-4H3. The van der Waals surface area contributed by atoms with Crippen LogP contribution in [0.1, 0.15) is 124 Å². The number of imidazole rings is 1. The van der Waals surface area contributed by atoms with Gasteiger partial charge in [0.05, 0.1) is 30.2 Å². The molecular weight excluding hydrogens is 636 g/mol. The summed E-state index contributed by atoms with van der Waals surface area (Å²) in [6.45, 7) is 10.2. The van der Waals surface area contributed by atoms with Gasteiger partial charge in [0.2, 0.25) is 0 Å². The fraction of sp³-hybridized carbons (Fsp3) is 0.773. The Hall–Kier alpha value is -2.06. The number of nitrogens with zero attached hydrogens (tertiary/aromatic N) is 2. The average Bonchev–Trinajstić information content (AvgIpc) is 3.72. The van der Waals surface area contributed by atoms with Crippen LogP contribution in [0.25, 0.3) is 0 Å². The van der Waals surface area contributed by atoms with Crippen molar-refractivity contribution in [1.29, 1.82) is 0 Å². The minimum Gasteiger partial charge on any atom is -0.392 e. The maximum absolute atomic E-state index is 13.8. The quantitative estimate of drug-likeness (QED) is 0.244. The number of aryl methyl sites for hydroxylation is 1. The molecule has 278 valence electrons. The van der Waals surface area contributed by atoms with E-state index in [9.17, 15) is 25.2 Å². The number of ketones is 1. The third-order valence-electron chi connectivity index (χ3n) is 17.2. The highest BCUT2D eigenvalue weighted by molar-refractivity contribution is 5.95. The smallest absolute Gasteiger partial charge is 0.159 e. The highest BCUT2D eigenvalue weighted by atomic mass is 16.3. The van der Waals surface area contributed by atoms with Gasteiger partial charge in [-0.15, -0.1) is 0 Å². The molecule has 8 aliphatic rings. The number of rotatable bonds is 5. The molecule has 7 nitrogen and oxygen atoms in total. The third kappa shape index (κ3) is 4.88. The largest absolute Gasteiger partial charge is 0.392 e. The average molecular weight is 699 g/mol. The van der Waals surface area contributed by atoms with Crippen LogP contribution in [0.15, 0.2) is 52.7 Å². The summed E-state index contributed by atoms with van der Waals surface area (Å²) in [5.41, 5.74) is 5.32. The normalized spacial score (nSPS) is 46.5. The number of allylic oxidation sites excluding steroid dienone is 3. The van der Waals surface area contributed by atoms with E-state index in [1.807, 2.05) is 12.5 Å². The molecule has 0 spiro atoms. The monoisotopic (exact) mass is 698 g/mol. The van der Waals surface area contributed by atoms with Gasteiger partial charge >= 0.3 is 0 Å². The van der Waals surface area contributed by atoms with Crippen LogP contribution in [0, 0.1) is 57.7 Å². The van der Waals surface area contributed by atoms with Gasteiger partial charge in [0.1, 0.15) is 0 Å². The highest BCUT2D eigenvalue weighted by Crippen LogP contribution is 2.70. The van der Waals surface area contributed by atoms with E-state index in [0.29, 0.717) is 31.1 Å². The molecule has 13 unspecified atom stereocenters. The van der Waals surface area contributed by atoms with E-state index in [2.05, 4.69) is 43.4 Å². The van der Waals surface area contributed by atoms with Gasteiger partial charge in [0, 0.05) is 42.1 Å². The van der Waals surface area contributed by atoms with Crippen LogP contribution in [0.3, 0.4) is 0 Å². The Kier molecular flexibility index (Phi) is 8.14. The van der Waals surface area contributed by atoms with E-state index in [-0.39, 0.29) is 40.8 Å². The Morgan fingerprint density at radius 2 is 1.75 bits per heavy atom. The number of hydrogen-bond acceptors (Lipinski definition) is 6. The van der Waals surface area contributed by atoms with Crippen LogP contribution in [-0.4, -0.2) is 59.7 Å². The molecule has 0 amide bonds. The number of fused-ring (bicyclic) bond motifs is 7. The number of carbonyl (C=O) groups excluding carboxylic acids is 1. The summed E-state index contributed by atoms with van der Waals surface area (Å²) < 4.78 is 2.20. The molecule has 51 heavy (non-hydrogen) atoms. The summed E-state index contributed by atoms with van der Waals surface area (Å²) in [5, 5.41) is 47.5. The topological polar surface area (TPSA) is 116 Å². The molecule has 13 atom stereocenters. The lowest BCUT2D eigenvalue weighted by atomic mass is 9.44. The number of aliphatic hydroxyl groups is 4. The van der Waals surface area contributed by atoms with Crippen LogP contribution in [0.5, 0.6) is 0 Å². The predicted molar refractivity (Wildman–Crippen MR) is 196 cm³/mol. The van der Waals surface area contributed by atoms with Crippen molar-refractivity contribution in [3.63, 3.8) is 0 Å². The first-order chi connectivity index (χ1) is 24.3. The Labute approximate surface area is 304 Å². The molecule has 5 fully saturated rings.